The van der Waals surface area contributed by atoms with Gasteiger partial charge in [0.15, 0.2) is 0 Å². The second-order valence-electron chi connectivity index (χ2n) is 7.24. The minimum atomic E-state index is -4.30. The van der Waals surface area contributed by atoms with Gasteiger partial charge < -0.3 is 9.47 Å². The lowest BCUT2D eigenvalue weighted by molar-refractivity contribution is -0.137. The summed E-state index contributed by atoms with van der Waals surface area (Å²) in [5.41, 5.74) is 5.13. The summed E-state index contributed by atoms with van der Waals surface area (Å²) < 4.78 is 40.4. The van der Waals surface area contributed by atoms with E-state index in [-0.39, 0.29) is 0 Å². The van der Waals surface area contributed by atoms with Crippen LogP contribution in [-0.2, 0) is 19.1 Å². The van der Waals surface area contributed by atoms with E-state index >= 15 is 0 Å². The van der Waals surface area contributed by atoms with Gasteiger partial charge in [-0.15, -0.1) is 0 Å². The lowest BCUT2D eigenvalue weighted by Crippen LogP contribution is -2.26. The maximum atomic E-state index is 12.7. The predicted octanol–water partition coefficient (Wildman–Crippen LogP) is 5.58. The van der Waals surface area contributed by atoms with Gasteiger partial charge in [0.2, 0.25) is 0 Å². The number of hydrogen-bond donors (Lipinski definition) is 0. The van der Waals surface area contributed by atoms with E-state index in [0.717, 1.165) is 42.7 Å². The van der Waals surface area contributed by atoms with Crippen LogP contribution in [0.2, 0.25) is 0 Å². The zero-order valence-corrected chi connectivity index (χ0v) is 15.3. The highest BCUT2D eigenvalue weighted by molar-refractivity contribution is 5.89. The Morgan fingerprint density at radius 3 is 2.48 bits per heavy atom. The Morgan fingerprint density at radius 1 is 1.04 bits per heavy atom. The molecule has 140 valence electrons. The zero-order valence-electron chi connectivity index (χ0n) is 15.3. The summed E-state index contributed by atoms with van der Waals surface area (Å²) in [5.74, 6) is 0. The minimum Gasteiger partial charge on any atom is -0.320 e. The van der Waals surface area contributed by atoms with Crippen molar-refractivity contribution in [1.29, 1.82) is 0 Å². The van der Waals surface area contributed by atoms with Gasteiger partial charge in [0.1, 0.15) is 0 Å². The number of aryl methyl sites for hydroxylation is 1. The number of aromatic nitrogens is 1. The first-order valence-electron chi connectivity index (χ1n) is 8.99. The molecule has 2 heterocycles. The number of benzene rings is 2. The summed E-state index contributed by atoms with van der Waals surface area (Å²) in [6.07, 6.45) is 0.501. The number of alkyl halides is 3. The molecule has 2 nitrogen and oxygen atoms in total. The molecule has 5 heteroatoms. The molecule has 0 radical (unpaired) electrons. The van der Waals surface area contributed by atoms with Gasteiger partial charge >= 0.3 is 6.18 Å². The van der Waals surface area contributed by atoms with Crippen LogP contribution >= 0.6 is 0 Å². The van der Waals surface area contributed by atoms with Crippen molar-refractivity contribution < 1.29 is 13.2 Å². The number of nitrogens with zero attached hydrogens (tertiary/aromatic N) is 2. The largest absolute Gasteiger partial charge is 0.416 e. The first kappa shape index (κ1) is 17.9. The van der Waals surface area contributed by atoms with Crippen LogP contribution in [0.4, 0.5) is 13.2 Å². The Balaban J connectivity index is 1.75. The Labute approximate surface area is 156 Å². The summed E-state index contributed by atoms with van der Waals surface area (Å²) in [7, 11) is 2.12. The quantitative estimate of drug-likeness (QED) is 0.571. The number of hydrogen-bond acceptors (Lipinski definition) is 1. The molecule has 4 rings (SSSR count). The highest BCUT2D eigenvalue weighted by Gasteiger charge is 2.29. The van der Waals surface area contributed by atoms with Crippen molar-refractivity contribution >= 4 is 23.2 Å². The van der Waals surface area contributed by atoms with Crippen molar-refractivity contribution in [3.63, 3.8) is 0 Å². The average molecular weight is 370 g/mol. The summed E-state index contributed by atoms with van der Waals surface area (Å²) in [6, 6.07) is 11.7. The molecule has 0 saturated heterocycles. The summed E-state index contributed by atoms with van der Waals surface area (Å²) >= 11 is 0. The van der Waals surface area contributed by atoms with Gasteiger partial charge in [0, 0.05) is 36.8 Å². The van der Waals surface area contributed by atoms with E-state index in [1.54, 1.807) is 0 Å². The number of halogens is 3. The fourth-order valence-corrected chi connectivity index (χ4v) is 3.76. The van der Waals surface area contributed by atoms with E-state index in [1.165, 1.54) is 34.3 Å². The van der Waals surface area contributed by atoms with Crippen LogP contribution in [0.25, 0.3) is 23.2 Å². The summed E-state index contributed by atoms with van der Waals surface area (Å²) in [4.78, 5) is 2.31. The van der Waals surface area contributed by atoms with Crippen molar-refractivity contribution in [2.24, 2.45) is 0 Å². The highest BCUT2D eigenvalue weighted by Crippen LogP contribution is 2.32. The predicted molar refractivity (Wildman–Crippen MR) is 103 cm³/mol. The van der Waals surface area contributed by atoms with E-state index in [9.17, 15) is 13.2 Å². The standard InChI is InChI=1S/C22H21F3N2/c1-15-3-8-20-18(13-15)19-14-26(2)11-10-21(19)27(20)12-9-16-4-6-17(7-5-16)22(23,24)25/h3-9,12-13H,10-11,14H2,1-2H3/b12-9+. The Morgan fingerprint density at radius 2 is 1.78 bits per heavy atom. The third-order valence-corrected chi connectivity index (χ3v) is 5.19. The summed E-state index contributed by atoms with van der Waals surface area (Å²) in [5, 5.41) is 1.26. The molecule has 1 aliphatic rings. The van der Waals surface area contributed by atoms with Gasteiger partial charge in [-0.3, -0.25) is 0 Å². The molecular formula is C22H21F3N2. The van der Waals surface area contributed by atoms with E-state index in [1.807, 2.05) is 12.3 Å². The Hall–Kier alpha value is -2.53. The van der Waals surface area contributed by atoms with E-state index in [4.69, 9.17) is 0 Å². The molecule has 0 atom stereocenters. The molecule has 0 unspecified atom stereocenters. The molecule has 0 saturated carbocycles. The summed E-state index contributed by atoms with van der Waals surface area (Å²) in [6.45, 7) is 4.00. The second kappa shape index (κ2) is 6.57. The SMILES string of the molecule is Cc1ccc2c(c1)c1c(n2/C=C/c2ccc(C(F)(F)F)cc2)CCN(C)C1. The number of rotatable bonds is 2. The second-order valence-corrected chi connectivity index (χ2v) is 7.24. The minimum absolute atomic E-state index is 0.623. The first-order chi connectivity index (χ1) is 12.8. The molecule has 1 aromatic heterocycles. The number of fused-ring (bicyclic) bond motifs is 3. The molecule has 2 aromatic carbocycles. The smallest absolute Gasteiger partial charge is 0.320 e. The monoisotopic (exact) mass is 370 g/mol. The van der Waals surface area contributed by atoms with Gasteiger partial charge in [-0.1, -0.05) is 23.8 Å². The Kier molecular flexibility index (Phi) is 4.35. The van der Waals surface area contributed by atoms with E-state index in [2.05, 4.69) is 41.6 Å². The molecule has 1 aliphatic heterocycles. The molecule has 0 amide bonds. The van der Waals surface area contributed by atoms with Crippen molar-refractivity contribution in [3.05, 3.63) is 70.4 Å². The maximum absolute atomic E-state index is 12.7. The van der Waals surface area contributed by atoms with Crippen molar-refractivity contribution in [3.8, 4) is 0 Å². The van der Waals surface area contributed by atoms with Crippen LogP contribution in [0, 0.1) is 6.92 Å². The van der Waals surface area contributed by atoms with Crippen LogP contribution in [0.3, 0.4) is 0 Å². The fraction of sp³-hybridized carbons (Fsp3) is 0.273. The van der Waals surface area contributed by atoms with Crippen LogP contribution < -0.4 is 0 Å². The van der Waals surface area contributed by atoms with E-state index in [0.29, 0.717) is 0 Å². The van der Waals surface area contributed by atoms with Gasteiger partial charge in [-0.2, -0.15) is 13.2 Å². The third kappa shape index (κ3) is 3.39. The molecule has 0 spiro atoms. The maximum Gasteiger partial charge on any atom is 0.416 e. The Bertz CT molecular complexity index is 1010. The van der Waals surface area contributed by atoms with Gasteiger partial charge in [-0.25, -0.2) is 0 Å². The lowest BCUT2D eigenvalue weighted by atomic mass is 10.0. The van der Waals surface area contributed by atoms with Crippen LogP contribution in [0.15, 0.2) is 42.5 Å². The highest BCUT2D eigenvalue weighted by atomic mass is 19.4. The molecular weight excluding hydrogens is 349 g/mol. The number of likely N-dealkylation sites (N-methyl/N-ethyl adjacent to an activating group) is 1. The van der Waals surface area contributed by atoms with Crippen LogP contribution in [0.1, 0.15) is 27.9 Å². The fourth-order valence-electron chi connectivity index (χ4n) is 3.76. The average Bonchev–Trinajstić information content (AvgIpc) is 2.92. The molecule has 0 N–H and O–H groups in total. The molecule has 0 fully saturated rings. The van der Waals surface area contributed by atoms with Gasteiger partial charge in [0.05, 0.1) is 11.1 Å². The van der Waals surface area contributed by atoms with Crippen molar-refractivity contribution in [2.75, 3.05) is 13.6 Å². The lowest BCUT2D eigenvalue weighted by Gasteiger charge is -2.23. The van der Waals surface area contributed by atoms with Gasteiger partial charge in [-0.05, 0) is 55.4 Å². The topological polar surface area (TPSA) is 8.17 Å². The van der Waals surface area contributed by atoms with Crippen LogP contribution in [-0.4, -0.2) is 23.1 Å². The van der Waals surface area contributed by atoms with Gasteiger partial charge in [0.25, 0.3) is 0 Å². The third-order valence-electron chi connectivity index (χ3n) is 5.19. The van der Waals surface area contributed by atoms with E-state index < -0.39 is 11.7 Å². The van der Waals surface area contributed by atoms with Crippen molar-refractivity contribution in [1.82, 2.24) is 9.47 Å². The van der Waals surface area contributed by atoms with Crippen LogP contribution in [0.5, 0.6) is 0 Å². The van der Waals surface area contributed by atoms with Crippen molar-refractivity contribution in [2.45, 2.75) is 26.1 Å². The first-order valence-corrected chi connectivity index (χ1v) is 8.99. The molecule has 0 aliphatic carbocycles. The molecule has 27 heavy (non-hydrogen) atoms. The molecule has 3 aromatic rings. The zero-order chi connectivity index (χ0) is 19.2. The molecule has 0 bridgehead atoms. The normalized spacial score (nSPS) is 15.6.